The van der Waals surface area contributed by atoms with E-state index in [9.17, 15) is 0 Å². The maximum atomic E-state index is 5.32. The van der Waals surface area contributed by atoms with Gasteiger partial charge in [-0.25, -0.2) is 0 Å². The predicted octanol–water partition coefficient (Wildman–Crippen LogP) is 6.53. The van der Waals surface area contributed by atoms with Gasteiger partial charge in [0.25, 0.3) is 0 Å². The molecule has 1 heterocycles. The van der Waals surface area contributed by atoms with Crippen LogP contribution in [-0.2, 0) is 11.2 Å². The highest BCUT2D eigenvalue weighted by Gasteiger charge is 2.17. The Balaban J connectivity index is 1.65. The summed E-state index contributed by atoms with van der Waals surface area (Å²) < 4.78 is 7.44. The fourth-order valence-corrected chi connectivity index (χ4v) is 4.26. The summed E-state index contributed by atoms with van der Waals surface area (Å²) >= 11 is 1.69. The van der Waals surface area contributed by atoms with Crippen molar-refractivity contribution in [1.82, 2.24) is 14.8 Å². The monoisotopic (exact) mass is 429 g/mol. The van der Waals surface area contributed by atoms with Crippen LogP contribution < -0.4 is 4.74 Å². The molecule has 0 fully saturated rings. The SMILES string of the molecule is COc1ccc(-n2c(SCc3ccc(C(C)(C)C)cc3)nnc2-c2ccccc2)cc1. The number of thioether (sulfide) groups is 1. The molecule has 0 aliphatic carbocycles. The molecule has 158 valence electrons. The van der Waals surface area contributed by atoms with E-state index in [4.69, 9.17) is 4.74 Å². The molecule has 3 aromatic carbocycles. The first-order valence-electron chi connectivity index (χ1n) is 10.3. The number of rotatable bonds is 6. The normalized spacial score (nSPS) is 11.5. The van der Waals surface area contributed by atoms with Crippen LogP contribution in [0.2, 0.25) is 0 Å². The molecule has 4 rings (SSSR count). The van der Waals surface area contributed by atoms with Crippen molar-refractivity contribution < 1.29 is 4.74 Å². The topological polar surface area (TPSA) is 39.9 Å². The fourth-order valence-electron chi connectivity index (χ4n) is 3.35. The number of methoxy groups -OCH3 is 1. The van der Waals surface area contributed by atoms with Crippen LogP contribution in [0.25, 0.3) is 17.1 Å². The first kappa shape index (κ1) is 21.2. The molecule has 0 amide bonds. The van der Waals surface area contributed by atoms with Crippen LogP contribution in [0.4, 0.5) is 0 Å². The van der Waals surface area contributed by atoms with Crippen LogP contribution in [0, 0.1) is 0 Å². The van der Waals surface area contributed by atoms with E-state index in [1.807, 2.05) is 42.5 Å². The molecule has 0 N–H and O–H groups in total. The minimum absolute atomic E-state index is 0.158. The zero-order valence-corrected chi connectivity index (χ0v) is 19.2. The molecule has 4 nitrogen and oxygen atoms in total. The van der Waals surface area contributed by atoms with Gasteiger partial charge in [0.15, 0.2) is 11.0 Å². The van der Waals surface area contributed by atoms with Crippen molar-refractivity contribution in [3.63, 3.8) is 0 Å². The Labute approximate surface area is 188 Å². The van der Waals surface area contributed by atoms with Crippen molar-refractivity contribution in [2.75, 3.05) is 7.11 Å². The Kier molecular flexibility index (Phi) is 6.14. The van der Waals surface area contributed by atoms with Crippen LogP contribution in [-0.4, -0.2) is 21.9 Å². The third kappa shape index (κ3) is 4.83. The summed E-state index contributed by atoms with van der Waals surface area (Å²) in [4.78, 5) is 0. The third-order valence-electron chi connectivity index (χ3n) is 5.18. The lowest BCUT2D eigenvalue weighted by molar-refractivity contribution is 0.414. The lowest BCUT2D eigenvalue weighted by Crippen LogP contribution is -2.10. The van der Waals surface area contributed by atoms with E-state index < -0.39 is 0 Å². The third-order valence-corrected chi connectivity index (χ3v) is 6.18. The van der Waals surface area contributed by atoms with Crippen molar-refractivity contribution in [3.05, 3.63) is 90.0 Å². The van der Waals surface area contributed by atoms with Gasteiger partial charge < -0.3 is 4.74 Å². The van der Waals surface area contributed by atoms with E-state index in [0.717, 1.165) is 33.7 Å². The Morgan fingerprint density at radius 3 is 2.13 bits per heavy atom. The average Bonchev–Trinajstić information content (AvgIpc) is 3.22. The number of nitrogens with zero attached hydrogens (tertiary/aromatic N) is 3. The second-order valence-corrected chi connectivity index (χ2v) is 9.38. The molecule has 0 aliphatic heterocycles. The van der Waals surface area contributed by atoms with Gasteiger partial charge in [0.1, 0.15) is 5.75 Å². The molecule has 0 spiro atoms. The summed E-state index contributed by atoms with van der Waals surface area (Å²) in [5, 5.41) is 9.92. The Bertz CT molecular complexity index is 1130. The summed E-state index contributed by atoms with van der Waals surface area (Å²) in [6.45, 7) is 6.71. The first-order valence-corrected chi connectivity index (χ1v) is 11.3. The van der Waals surface area contributed by atoms with Gasteiger partial charge in [-0.1, -0.05) is 87.1 Å². The molecule has 5 heteroatoms. The van der Waals surface area contributed by atoms with Gasteiger partial charge in [-0.2, -0.15) is 0 Å². The highest BCUT2D eigenvalue weighted by molar-refractivity contribution is 7.98. The summed E-state index contributed by atoms with van der Waals surface area (Å²) in [5.41, 5.74) is 4.81. The quantitative estimate of drug-likeness (QED) is 0.327. The van der Waals surface area contributed by atoms with E-state index in [-0.39, 0.29) is 5.41 Å². The van der Waals surface area contributed by atoms with Crippen molar-refractivity contribution in [2.45, 2.75) is 37.1 Å². The minimum atomic E-state index is 0.158. The van der Waals surface area contributed by atoms with E-state index in [2.05, 4.69) is 71.9 Å². The maximum absolute atomic E-state index is 5.32. The lowest BCUT2D eigenvalue weighted by atomic mass is 9.87. The van der Waals surface area contributed by atoms with E-state index in [0.29, 0.717) is 0 Å². The van der Waals surface area contributed by atoms with Crippen LogP contribution in [0.15, 0.2) is 84.0 Å². The number of benzene rings is 3. The van der Waals surface area contributed by atoms with Crippen molar-refractivity contribution in [3.8, 4) is 22.8 Å². The van der Waals surface area contributed by atoms with Crippen LogP contribution in [0.1, 0.15) is 31.9 Å². The number of ether oxygens (including phenoxy) is 1. The molecular weight excluding hydrogens is 402 g/mol. The molecule has 1 aromatic heterocycles. The first-order chi connectivity index (χ1) is 15.0. The molecule has 0 radical (unpaired) electrons. The maximum Gasteiger partial charge on any atom is 0.196 e. The van der Waals surface area contributed by atoms with Gasteiger partial charge in [0.2, 0.25) is 0 Å². The Morgan fingerprint density at radius 2 is 1.52 bits per heavy atom. The number of aromatic nitrogens is 3. The summed E-state index contributed by atoms with van der Waals surface area (Å²) in [5.74, 6) is 2.48. The molecule has 4 aromatic rings. The van der Waals surface area contributed by atoms with Crippen molar-refractivity contribution in [1.29, 1.82) is 0 Å². The lowest BCUT2D eigenvalue weighted by Gasteiger charge is -2.19. The van der Waals surface area contributed by atoms with Crippen LogP contribution >= 0.6 is 11.8 Å². The molecule has 0 aliphatic rings. The van der Waals surface area contributed by atoms with E-state index in [1.54, 1.807) is 18.9 Å². The van der Waals surface area contributed by atoms with E-state index >= 15 is 0 Å². The zero-order chi connectivity index (χ0) is 21.8. The second-order valence-electron chi connectivity index (χ2n) is 8.44. The standard InChI is InChI=1S/C26H27N3OS/c1-26(2,3)21-12-10-19(11-13-21)18-31-25-28-27-24(20-8-6-5-7-9-20)29(25)22-14-16-23(30-4)17-15-22/h5-17H,18H2,1-4H3. The molecule has 0 atom stereocenters. The van der Waals surface area contributed by atoms with Gasteiger partial charge in [-0.3, -0.25) is 4.57 Å². The number of hydrogen-bond acceptors (Lipinski definition) is 4. The highest BCUT2D eigenvalue weighted by Crippen LogP contribution is 2.31. The van der Waals surface area contributed by atoms with Crippen molar-refractivity contribution >= 4 is 11.8 Å². The molecule has 0 saturated carbocycles. The van der Waals surface area contributed by atoms with Crippen LogP contribution in [0.3, 0.4) is 0 Å². The summed E-state index contributed by atoms with van der Waals surface area (Å²) in [7, 11) is 1.68. The van der Waals surface area contributed by atoms with Gasteiger partial charge in [-0.15, -0.1) is 10.2 Å². The van der Waals surface area contributed by atoms with Crippen LogP contribution in [0.5, 0.6) is 5.75 Å². The summed E-state index contributed by atoms with van der Waals surface area (Å²) in [6, 6.07) is 27.0. The van der Waals surface area contributed by atoms with E-state index in [1.165, 1.54) is 11.1 Å². The van der Waals surface area contributed by atoms with Gasteiger partial charge in [-0.05, 0) is 40.8 Å². The minimum Gasteiger partial charge on any atom is -0.497 e. The number of hydrogen-bond donors (Lipinski definition) is 0. The highest BCUT2D eigenvalue weighted by atomic mass is 32.2. The van der Waals surface area contributed by atoms with Crippen molar-refractivity contribution in [2.24, 2.45) is 0 Å². The van der Waals surface area contributed by atoms with Gasteiger partial charge >= 0.3 is 0 Å². The average molecular weight is 430 g/mol. The smallest absolute Gasteiger partial charge is 0.196 e. The molecule has 0 bridgehead atoms. The largest absolute Gasteiger partial charge is 0.497 e. The second kappa shape index (κ2) is 8.98. The predicted molar refractivity (Wildman–Crippen MR) is 128 cm³/mol. The summed E-state index contributed by atoms with van der Waals surface area (Å²) in [6.07, 6.45) is 0. The Hall–Kier alpha value is -3.05. The molecule has 31 heavy (non-hydrogen) atoms. The fraction of sp³-hybridized carbons (Fsp3) is 0.231. The van der Waals surface area contributed by atoms with Gasteiger partial charge in [0, 0.05) is 17.0 Å². The Morgan fingerprint density at radius 1 is 0.839 bits per heavy atom. The zero-order valence-electron chi connectivity index (χ0n) is 18.4. The molecule has 0 saturated heterocycles. The molecule has 0 unspecified atom stereocenters. The molecular formula is C26H27N3OS. The van der Waals surface area contributed by atoms with Gasteiger partial charge in [0.05, 0.1) is 7.11 Å².